The molecule has 0 aliphatic rings. The van der Waals surface area contributed by atoms with Gasteiger partial charge in [0.25, 0.3) is 0 Å². The molecule has 0 unspecified atom stereocenters. The Labute approximate surface area is 103 Å². The Hall–Kier alpha value is -0.720. The molecule has 0 aromatic heterocycles. The Balaban J connectivity index is 0.000000494. The molecule has 0 radical (unpaired) electrons. The van der Waals surface area contributed by atoms with Crippen molar-refractivity contribution in [3.63, 3.8) is 0 Å². The van der Waals surface area contributed by atoms with Gasteiger partial charge in [-0.2, -0.15) is 0 Å². The number of para-hydroxylation sites is 1. The highest BCUT2D eigenvalue weighted by atomic mass is 31.2. The molecule has 1 rings (SSSR count). The molecule has 0 spiro atoms. The van der Waals surface area contributed by atoms with Crippen LogP contribution in [0.5, 0.6) is 5.75 Å². The standard InChI is InChI=1S/C8H11O4P.H3O4P/c1-6-4-3-5-7(2)8(6)12-13(9,10)11;1-5(2,3)4/h3-5H,1-2H3,(H2,9,10,11);(H3,1,2,3,4). The molecule has 0 fully saturated rings. The molecule has 0 aliphatic heterocycles. The summed E-state index contributed by atoms with van der Waals surface area (Å²) in [6, 6.07) is 5.27. The average Bonchev–Trinajstić information content (AvgIpc) is 2.07. The van der Waals surface area contributed by atoms with E-state index in [0.717, 1.165) is 0 Å². The van der Waals surface area contributed by atoms with Crippen molar-refractivity contribution in [3.8, 4) is 5.75 Å². The summed E-state index contributed by atoms with van der Waals surface area (Å²) in [4.78, 5) is 38.8. The summed E-state index contributed by atoms with van der Waals surface area (Å²) in [6.45, 7) is 3.47. The molecular formula is C8H14O8P2. The lowest BCUT2D eigenvalue weighted by Gasteiger charge is -2.11. The molecule has 104 valence electrons. The van der Waals surface area contributed by atoms with Crippen molar-refractivity contribution in [3.05, 3.63) is 29.3 Å². The number of benzene rings is 1. The summed E-state index contributed by atoms with van der Waals surface area (Å²) in [5.41, 5.74) is 1.42. The van der Waals surface area contributed by atoms with Crippen LogP contribution in [-0.4, -0.2) is 24.5 Å². The van der Waals surface area contributed by atoms with E-state index in [9.17, 15) is 4.57 Å². The third kappa shape index (κ3) is 9.32. The van der Waals surface area contributed by atoms with Crippen LogP contribution in [0.25, 0.3) is 0 Å². The van der Waals surface area contributed by atoms with E-state index in [-0.39, 0.29) is 5.75 Å². The van der Waals surface area contributed by atoms with Crippen LogP contribution < -0.4 is 4.52 Å². The van der Waals surface area contributed by atoms with E-state index < -0.39 is 15.6 Å². The predicted molar refractivity (Wildman–Crippen MR) is 62.9 cm³/mol. The van der Waals surface area contributed by atoms with Gasteiger partial charge in [-0.25, -0.2) is 9.13 Å². The summed E-state index contributed by atoms with van der Waals surface area (Å²) in [6.07, 6.45) is 0. The van der Waals surface area contributed by atoms with Crippen LogP contribution in [0.4, 0.5) is 0 Å². The highest BCUT2D eigenvalue weighted by molar-refractivity contribution is 7.46. The number of phosphoric acid groups is 2. The van der Waals surface area contributed by atoms with Gasteiger partial charge in [-0.3, -0.25) is 9.79 Å². The van der Waals surface area contributed by atoms with Crippen molar-refractivity contribution < 1.29 is 38.1 Å². The van der Waals surface area contributed by atoms with Gasteiger partial charge in [-0.15, -0.1) is 0 Å². The maximum atomic E-state index is 10.6. The van der Waals surface area contributed by atoms with Gasteiger partial charge >= 0.3 is 15.6 Å². The Kier molecular flexibility index (Phi) is 6.19. The van der Waals surface area contributed by atoms with Crippen LogP contribution in [0.3, 0.4) is 0 Å². The monoisotopic (exact) mass is 300 g/mol. The van der Waals surface area contributed by atoms with Crippen LogP contribution in [0, 0.1) is 13.8 Å². The first-order valence-electron chi connectivity index (χ1n) is 4.50. The van der Waals surface area contributed by atoms with Gasteiger partial charge in [-0.1, -0.05) is 18.2 Å². The molecule has 18 heavy (non-hydrogen) atoms. The fourth-order valence-electron chi connectivity index (χ4n) is 1.06. The van der Waals surface area contributed by atoms with E-state index in [1.54, 1.807) is 32.0 Å². The number of aryl methyl sites for hydroxylation is 2. The molecule has 0 aliphatic carbocycles. The highest BCUT2D eigenvalue weighted by Gasteiger charge is 2.18. The first-order chi connectivity index (χ1) is 7.90. The second-order valence-electron chi connectivity index (χ2n) is 3.32. The molecular weight excluding hydrogens is 286 g/mol. The lowest BCUT2D eigenvalue weighted by Crippen LogP contribution is -1.94. The molecule has 1 aromatic carbocycles. The molecule has 0 saturated heterocycles. The van der Waals surface area contributed by atoms with E-state index in [0.29, 0.717) is 11.1 Å². The lowest BCUT2D eigenvalue weighted by atomic mass is 10.1. The summed E-state index contributed by atoms with van der Waals surface area (Å²) >= 11 is 0. The number of phosphoric ester groups is 1. The van der Waals surface area contributed by atoms with Crippen molar-refractivity contribution in [1.29, 1.82) is 0 Å². The lowest BCUT2D eigenvalue weighted by molar-refractivity contribution is 0.274. The van der Waals surface area contributed by atoms with Gasteiger partial charge in [-0.05, 0) is 25.0 Å². The summed E-state index contributed by atoms with van der Waals surface area (Å²) in [5.74, 6) is 0.260. The number of hydrogen-bond acceptors (Lipinski definition) is 3. The van der Waals surface area contributed by atoms with E-state index in [2.05, 4.69) is 4.52 Å². The third-order valence-electron chi connectivity index (χ3n) is 1.62. The van der Waals surface area contributed by atoms with Gasteiger partial charge in [0.1, 0.15) is 5.75 Å². The van der Waals surface area contributed by atoms with Crippen LogP contribution in [0.2, 0.25) is 0 Å². The van der Waals surface area contributed by atoms with Crippen LogP contribution in [0.15, 0.2) is 18.2 Å². The van der Waals surface area contributed by atoms with Gasteiger partial charge in [0.2, 0.25) is 0 Å². The Morgan fingerprint density at radius 3 is 1.56 bits per heavy atom. The number of rotatable bonds is 2. The molecule has 0 heterocycles. The smallest absolute Gasteiger partial charge is 0.404 e. The minimum atomic E-state index is -4.64. The quantitative estimate of drug-likeness (QED) is 0.505. The van der Waals surface area contributed by atoms with Crippen LogP contribution in [0.1, 0.15) is 11.1 Å². The second-order valence-corrected chi connectivity index (χ2v) is 5.51. The van der Waals surface area contributed by atoms with E-state index >= 15 is 0 Å². The minimum absolute atomic E-state index is 0.260. The molecule has 10 heteroatoms. The normalized spacial score (nSPS) is 11.5. The average molecular weight is 300 g/mol. The fraction of sp³-hybridized carbons (Fsp3) is 0.250. The molecule has 0 atom stereocenters. The maximum Gasteiger partial charge on any atom is 0.524 e. The SMILES string of the molecule is Cc1cccc(C)c1OP(=O)(O)O.O=P(O)(O)O. The molecule has 1 aromatic rings. The summed E-state index contributed by atoms with van der Waals surface area (Å²) in [5, 5.41) is 0. The number of hydrogen-bond donors (Lipinski definition) is 5. The largest absolute Gasteiger partial charge is 0.524 e. The Morgan fingerprint density at radius 2 is 1.28 bits per heavy atom. The zero-order valence-corrected chi connectivity index (χ0v) is 11.4. The van der Waals surface area contributed by atoms with Gasteiger partial charge < -0.3 is 19.2 Å². The van der Waals surface area contributed by atoms with E-state index in [1.165, 1.54) is 0 Å². The Bertz CT molecular complexity index is 459. The third-order valence-corrected chi connectivity index (χ3v) is 2.04. The minimum Gasteiger partial charge on any atom is -0.404 e. The van der Waals surface area contributed by atoms with Crippen molar-refractivity contribution >= 4 is 15.6 Å². The van der Waals surface area contributed by atoms with Gasteiger partial charge in [0.05, 0.1) is 0 Å². The molecule has 0 bridgehead atoms. The van der Waals surface area contributed by atoms with Crippen molar-refractivity contribution in [1.82, 2.24) is 0 Å². The second kappa shape index (κ2) is 6.45. The first kappa shape index (κ1) is 17.3. The Morgan fingerprint density at radius 1 is 0.944 bits per heavy atom. The van der Waals surface area contributed by atoms with E-state index in [4.69, 9.17) is 29.0 Å². The van der Waals surface area contributed by atoms with E-state index in [1.807, 2.05) is 0 Å². The topological polar surface area (TPSA) is 145 Å². The van der Waals surface area contributed by atoms with Gasteiger partial charge in [0.15, 0.2) is 0 Å². The van der Waals surface area contributed by atoms with Crippen molar-refractivity contribution in [2.75, 3.05) is 0 Å². The summed E-state index contributed by atoms with van der Waals surface area (Å²) < 4.78 is 24.0. The predicted octanol–water partition coefficient (Wildman–Crippen LogP) is 0.846. The maximum absolute atomic E-state index is 10.6. The van der Waals surface area contributed by atoms with Crippen molar-refractivity contribution in [2.45, 2.75) is 13.8 Å². The molecule has 8 nitrogen and oxygen atoms in total. The first-order valence-corrected chi connectivity index (χ1v) is 7.59. The fourth-order valence-corrected chi connectivity index (χ4v) is 1.59. The van der Waals surface area contributed by atoms with Gasteiger partial charge in [0, 0.05) is 0 Å². The van der Waals surface area contributed by atoms with Crippen LogP contribution in [-0.2, 0) is 9.13 Å². The molecule has 0 saturated carbocycles. The van der Waals surface area contributed by atoms with Crippen molar-refractivity contribution in [2.24, 2.45) is 0 Å². The zero-order valence-electron chi connectivity index (χ0n) is 9.59. The summed E-state index contributed by atoms with van der Waals surface area (Å²) in [7, 11) is -9.08. The molecule has 0 amide bonds. The molecule has 5 N–H and O–H groups in total. The van der Waals surface area contributed by atoms with Crippen LogP contribution >= 0.6 is 15.6 Å². The zero-order chi connectivity index (χ0) is 14.6. The highest BCUT2D eigenvalue weighted by Crippen LogP contribution is 2.40.